The highest BCUT2D eigenvalue weighted by Gasteiger charge is 2.30. The molecule has 3 heteroatoms. The van der Waals surface area contributed by atoms with E-state index in [4.69, 9.17) is 9.15 Å². The number of furan rings is 1. The van der Waals surface area contributed by atoms with Gasteiger partial charge in [0, 0.05) is 24.1 Å². The van der Waals surface area contributed by atoms with Crippen molar-refractivity contribution in [1.82, 2.24) is 5.32 Å². The molecule has 2 unspecified atom stereocenters. The van der Waals surface area contributed by atoms with Crippen LogP contribution in [0.1, 0.15) is 42.0 Å². The molecular weight excluding hydrogens is 214 g/mol. The third-order valence-corrected chi connectivity index (χ3v) is 3.79. The van der Waals surface area contributed by atoms with Crippen LogP contribution in [0, 0.1) is 26.7 Å². The summed E-state index contributed by atoms with van der Waals surface area (Å²) in [7, 11) is 0. The highest BCUT2D eigenvalue weighted by Crippen LogP contribution is 2.34. The van der Waals surface area contributed by atoms with Gasteiger partial charge in [0.25, 0.3) is 0 Å². The van der Waals surface area contributed by atoms with Gasteiger partial charge in [0.15, 0.2) is 0 Å². The second kappa shape index (κ2) is 5.23. The third-order valence-electron chi connectivity index (χ3n) is 3.79. The SMILES string of the molecule is CCNC(c1c(C)oc(C)c1C)C1CCOC1. The molecule has 0 saturated carbocycles. The number of ether oxygens (including phenoxy) is 1. The summed E-state index contributed by atoms with van der Waals surface area (Å²) in [5, 5.41) is 3.60. The van der Waals surface area contributed by atoms with Gasteiger partial charge in [0.2, 0.25) is 0 Å². The average Bonchev–Trinajstić information content (AvgIpc) is 2.88. The minimum absolute atomic E-state index is 0.375. The lowest BCUT2D eigenvalue weighted by atomic mass is 9.90. The van der Waals surface area contributed by atoms with Gasteiger partial charge in [-0.1, -0.05) is 6.92 Å². The Morgan fingerprint density at radius 3 is 2.53 bits per heavy atom. The van der Waals surface area contributed by atoms with E-state index in [1.165, 1.54) is 11.1 Å². The van der Waals surface area contributed by atoms with E-state index in [9.17, 15) is 0 Å². The maximum atomic E-state index is 5.75. The van der Waals surface area contributed by atoms with Crippen LogP contribution in [-0.2, 0) is 4.74 Å². The minimum Gasteiger partial charge on any atom is -0.466 e. The number of hydrogen-bond acceptors (Lipinski definition) is 3. The topological polar surface area (TPSA) is 34.4 Å². The van der Waals surface area contributed by atoms with Gasteiger partial charge in [-0.3, -0.25) is 0 Å². The summed E-state index contributed by atoms with van der Waals surface area (Å²) in [6.07, 6.45) is 1.14. The molecule has 2 rings (SSSR count). The van der Waals surface area contributed by atoms with Gasteiger partial charge >= 0.3 is 0 Å². The maximum Gasteiger partial charge on any atom is 0.106 e. The Balaban J connectivity index is 2.30. The fourth-order valence-electron chi connectivity index (χ4n) is 2.81. The van der Waals surface area contributed by atoms with E-state index < -0.39 is 0 Å². The van der Waals surface area contributed by atoms with E-state index in [1.807, 2.05) is 6.92 Å². The van der Waals surface area contributed by atoms with Gasteiger partial charge in [0.1, 0.15) is 11.5 Å². The van der Waals surface area contributed by atoms with Crippen molar-refractivity contribution in [2.24, 2.45) is 5.92 Å². The van der Waals surface area contributed by atoms with E-state index in [2.05, 4.69) is 26.1 Å². The second-order valence-electron chi connectivity index (χ2n) is 4.91. The Labute approximate surface area is 104 Å². The van der Waals surface area contributed by atoms with Crippen LogP contribution in [0.2, 0.25) is 0 Å². The van der Waals surface area contributed by atoms with E-state index in [1.54, 1.807) is 0 Å². The van der Waals surface area contributed by atoms with E-state index in [0.717, 1.165) is 37.7 Å². The van der Waals surface area contributed by atoms with Crippen LogP contribution >= 0.6 is 0 Å². The first-order chi connectivity index (χ1) is 8.15. The molecule has 0 aliphatic carbocycles. The largest absolute Gasteiger partial charge is 0.466 e. The van der Waals surface area contributed by atoms with Crippen molar-refractivity contribution >= 4 is 0 Å². The number of rotatable bonds is 4. The molecule has 0 amide bonds. The van der Waals surface area contributed by atoms with Crippen molar-refractivity contribution in [1.29, 1.82) is 0 Å². The van der Waals surface area contributed by atoms with Crippen molar-refractivity contribution < 1.29 is 9.15 Å². The molecule has 1 aromatic heterocycles. The average molecular weight is 237 g/mol. The zero-order chi connectivity index (χ0) is 12.4. The first-order valence-electron chi connectivity index (χ1n) is 6.52. The van der Waals surface area contributed by atoms with Crippen molar-refractivity contribution in [2.45, 2.75) is 40.2 Å². The molecule has 1 saturated heterocycles. The predicted octanol–water partition coefficient (Wildman–Crippen LogP) is 2.89. The Morgan fingerprint density at radius 2 is 2.06 bits per heavy atom. The third kappa shape index (κ3) is 2.40. The summed E-state index contributed by atoms with van der Waals surface area (Å²) in [4.78, 5) is 0. The van der Waals surface area contributed by atoms with Crippen LogP contribution < -0.4 is 5.32 Å². The molecular formula is C14H23NO2. The van der Waals surface area contributed by atoms with Gasteiger partial charge in [-0.25, -0.2) is 0 Å². The summed E-state index contributed by atoms with van der Waals surface area (Å²) in [5.74, 6) is 2.67. The molecule has 0 aromatic carbocycles. The molecule has 96 valence electrons. The zero-order valence-corrected chi connectivity index (χ0v) is 11.3. The van der Waals surface area contributed by atoms with Crippen molar-refractivity contribution in [3.63, 3.8) is 0 Å². The molecule has 0 spiro atoms. The molecule has 1 aromatic rings. The zero-order valence-electron chi connectivity index (χ0n) is 11.3. The normalized spacial score (nSPS) is 22.0. The van der Waals surface area contributed by atoms with Crippen LogP contribution in [0.3, 0.4) is 0 Å². The van der Waals surface area contributed by atoms with E-state index >= 15 is 0 Å². The quantitative estimate of drug-likeness (QED) is 0.874. The predicted molar refractivity (Wildman–Crippen MR) is 68.3 cm³/mol. The molecule has 1 fully saturated rings. The molecule has 1 N–H and O–H groups in total. The first-order valence-corrected chi connectivity index (χ1v) is 6.52. The molecule has 2 heterocycles. The van der Waals surface area contributed by atoms with E-state index in [-0.39, 0.29) is 0 Å². The Bertz CT molecular complexity index is 378. The molecule has 1 aliphatic rings. The van der Waals surface area contributed by atoms with Gasteiger partial charge < -0.3 is 14.5 Å². The van der Waals surface area contributed by atoms with Crippen LogP contribution in [0.25, 0.3) is 0 Å². The number of aryl methyl sites for hydroxylation is 2. The van der Waals surface area contributed by atoms with Crippen LogP contribution in [-0.4, -0.2) is 19.8 Å². The molecule has 0 radical (unpaired) electrons. The first kappa shape index (κ1) is 12.7. The lowest BCUT2D eigenvalue weighted by Crippen LogP contribution is -2.29. The molecule has 1 aliphatic heterocycles. The Hall–Kier alpha value is -0.800. The Morgan fingerprint density at radius 1 is 1.29 bits per heavy atom. The summed E-state index contributed by atoms with van der Waals surface area (Å²) >= 11 is 0. The van der Waals surface area contributed by atoms with Crippen LogP contribution in [0.15, 0.2) is 4.42 Å². The summed E-state index contributed by atoms with van der Waals surface area (Å²) < 4.78 is 11.3. The lowest BCUT2D eigenvalue weighted by molar-refractivity contribution is 0.176. The fraction of sp³-hybridized carbons (Fsp3) is 0.714. The standard InChI is InChI=1S/C14H23NO2/c1-5-15-14(12-6-7-16-8-12)13-9(2)10(3)17-11(13)4/h12,14-15H,5-8H2,1-4H3. The summed E-state index contributed by atoms with van der Waals surface area (Å²) in [6, 6.07) is 0.375. The molecule has 0 bridgehead atoms. The van der Waals surface area contributed by atoms with Crippen LogP contribution in [0.5, 0.6) is 0 Å². The van der Waals surface area contributed by atoms with Gasteiger partial charge in [-0.2, -0.15) is 0 Å². The van der Waals surface area contributed by atoms with Crippen molar-refractivity contribution in [3.8, 4) is 0 Å². The molecule has 17 heavy (non-hydrogen) atoms. The Kier molecular flexibility index (Phi) is 3.89. The number of hydrogen-bond donors (Lipinski definition) is 1. The lowest BCUT2D eigenvalue weighted by Gasteiger charge is -2.24. The second-order valence-corrected chi connectivity index (χ2v) is 4.91. The highest BCUT2D eigenvalue weighted by atomic mass is 16.5. The van der Waals surface area contributed by atoms with Crippen molar-refractivity contribution in [3.05, 3.63) is 22.6 Å². The van der Waals surface area contributed by atoms with Gasteiger partial charge in [0.05, 0.1) is 6.61 Å². The highest BCUT2D eigenvalue weighted by molar-refractivity contribution is 5.34. The minimum atomic E-state index is 0.375. The summed E-state index contributed by atoms with van der Waals surface area (Å²) in [5.41, 5.74) is 2.64. The molecule has 3 nitrogen and oxygen atoms in total. The van der Waals surface area contributed by atoms with Gasteiger partial charge in [-0.15, -0.1) is 0 Å². The van der Waals surface area contributed by atoms with Gasteiger partial charge in [-0.05, 0) is 39.3 Å². The molecule has 2 atom stereocenters. The maximum absolute atomic E-state index is 5.75. The monoisotopic (exact) mass is 237 g/mol. The van der Waals surface area contributed by atoms with Crippen LogP contribution in [0.4, 0.5) is 0 Å². The fourth-order valence-corrected chi connectivity index (χ4v) is 2.81. The number of nitrogens with one attached hydrogen (secondary N) is 1. The van der Waals surface area contributed by atoms with E-state index in [0.29, 0.717) is 12.0 Å². The summed E-state index contributed by atoms with van der Waals surface area (Å²) in [6.45, 7) is 11.1. The van der Waals surface area contributed by atoms with Crippen molar-refractivity contribution in [2.75, 3.05) is 19.8 Å². The smallest absolute Gasteiger partial charge is 0.106 e.